The molecule has 0 radical (unpaired) electrons. The lowest BCUT2D eigenvalue weighted by atomic mass is 10.2. The predicted octanol–water partition coefficient (Wildman–Crippen LogP) is -0.0467. The minimum Gasteiger partial charge on any atom is -0.495 e. The van der Waals surface area contributed by atoms with Crippen molar-refractivity contribution in [1.29, 1.82) is 0 Å². The second-order valence-electron chi connectivity index (χ2n) is 4.54. The Morgan fingerprint density at radius 1 is 1.33 bits per heavy atom. The normalized spacial score (nSPS) is 18.7. The Morgan fingerprint density at radius 2 is 2.05 bits per heavy atom. The Kier molecular flexibility index (Phi) is 4.03. The zero-order chi connectivity index (χ0) is 15.6. The van der Waals surface area contributed by atoms with E-state index in [0.717, 1.165) is 5.56 Å². The van der Waals surface area contributed by atoms with Gasteiger partial charge in [0, 0.05) is 6.54 Å². The van der Waals surface area contributed by atoms with Crippen LogP contribution < -0.4 is 20.1 Å². The third-order valence-corrected chi connectivity index (χ3v) is 4.59. The highest BCUT2D eigenvalue weighted by Gasteiger charge is 2.37. The number of hydrogen-bond acceptors (Lipinski definition) is 5. The maximum absolute atomic E-state index is 12.3. The number of nitrogens with one attached hydrogen (secondary N) is 3. The number of carbonyl (C=O) groups excluding carboxylic acids is 2. The fourth-order valence-corrected chi connectivity index (χ4v) is 3.14. The monoisotopic (exact) mass is 313 g/mol. The van der Waals surface area contributed by atoms with Gasteiger partial charge in [0.2, 0.25) is 15.9 Å². The van der Waals surface area contributed by atoms with Crippen molar-refractivity contribution >= 4 is 27.6 Å². The summed E-state index contributed by atoms with van der Waals surface area (Å²) in [5.74, 6) is -0.526. The Hall–Kier alpha value is -2.29. The molecule has 0 saturated carbocycles. The molecule has 1 saturated heterocycles. The van der Waals surface area contributed by atoms with Gasteiger partial charge in [-0.3, -0.25) is 14.8 Å². The van der Waals surface area contributed by atoms with Crippen LogP contribution in [0.2, 0.25) is 0 Å². The van der Waals surface area contributed by atoms with E-state index in [1.165, 1.54) is 7.11 Å². The standard InChI is InChI=1S/C12H15N3O5S/c1-7-3-4-9(20-2)8(5-7)15-21(18,19)10-6-13-12(17)14-11(10)16/h3-5,10,15H,6H2,1-2H3,(H2,13,14,16,17). The molecule has 1 atom stereocenters. The number of hydrogen-bond donors (Lipinski definition) is 3. The number of aryl methyl sites for hydroxylation is 1. The highest BCUT2D eigenvalue weighted by Crippen LogP contribution is 2.27. The van der Waals surface area contributed by atoms with E-state index in [0.29, 0.717) is 5.75 Å². The molecule has 1 unspecified atom stereocenters. The first-order valence-corrected chi connectivity index (χ1v) is 7.63. The molecule has 1 fully saturated rings. The summed E-state index contributed by atoms with van der Waals surface area (Å²) < 4.78 is 32.0. The van der Waals surface area contributed by atoms with E-state index in [2.05, 4.69) is 10.0 Å². The van der Waals surface area contributed by atoms with Crippen LogP contribution in [0.1, 0.15) is 5.56 Å². The van der Waals surface area contributed by atoms with E-state index in [9.17, 15) is 18.0 Å². The fourth-order valence-electron chi connectivity index (χ4n) is 1.89. The first-order valence-electron chi connectivity index (χ1n) is 6.08. The molecule has 0 spiro atoms. The smallest absolute Gasteiger partial charge is 0.321 e. The Labute approximate surface area is 121 Å². The van der Waals surface area contributed by atoms with Gasteiger partial charge < -0.3 is 10.1 Å². The molecule has 8 nitrogen and oxygen atoms in total. The molecule has 3 amide bonds. The number of methoxy groups -OCH3 is 1. The second-order valence-corrected chi connectivity index (χ2v) is 6.40. The van der Waals surface area contributed by atoms with Crippen LogP contribution >= 0.6 is 0 Å². The third kappa shape index (κ3) is 3.24. The number of imide groups is 1. The summed E-state index contributed by atoms with van der Waals surface area (Å²) in [6.07, 6.45) is 0. The lowest BCUT2D eigenvalue weighted by molar-refractivity contribution is -0.120. The zero-order valence-electron chi connectivity index (χ0n) is 11.5. The van der Waals surface area contributed by atoms with Crippen molar-refractivity contribution in [2.24, 2.45) is 0 Å². The second kappa shape index (κ2) is 5.60. The topological polar surface area (TPSA) is 114 Å². The van der Waals surface area contributed by atoms with Gasteiger partial charge in [0.15, 0.2) is 5.25 Å². The average Bonchev–Trinajstić information content (AvgIpc) is 2.37. The summed E-state index contributed by atoms with van der Waals surface area (Å²) in [4.78, 5) is 22.6. The number of anilines is 1. The summed E-state index contributed by atoms with van der Waals surface area (Å²) in [6, 6.07) is 4.27. The van der Waals surface area contributed by atoms with Gasteiger partial charge in [0.1, 0.15) is 5.75 Å². The number of benzene rings is 1. The third-order valence-electron chi connectivity index (χ3n) is 2.96. The minimum absolute atomic E-state index is 0.238. The average molecular weight is 313 g/mol. The molecule has 1 aromatic carbocycles. The van der Waals surface area contributed by atoms with Crippen molar-refractivity contribution < 1.29 is 22.7 Å². The van der Waals surface area contributed by atoms with E-state index in [1.54, 1.807) is 25.1 Å². The molecule has 1 aromatic rings. The first-order chi connectivity index (χ1) is 9.83. The molecule has 21 heavy (non-hydrogen) atoms. The van der Waals surface area contributed by atoms with E-state index in [-0.39, 0.29) is 12.2 Å². The quantitative estimate of drug-likeness (QED) is 0.721. The van der Waals surface area contributed by atoms with Gasteiger partial charge >= 0.3 is 6.03 Å². The highest BCUT2D eigenvalue weighted by molar-refractivity contribution is 7.94. The number of ether oxygens (including phenoxy) is 1. The molecular weight excluding hydrogens is 298 g/mol. The van der Waals surface area contributed by atoms with E-state index in [4.69, 9.17) is 4.74 Å². The Morgan fingerprint density at radius 3 is 2.67 bits per heavy atom. The van der Waals surface area contributed by atoms with Gasteiger partial charge in [0.25, 0.3) is 0 Å². The molecule has 2 rings (SSSR count). The lowest BCUT2D eigenvalue weighted by Gasteiger charge is -2.23. The van der Waals surface area contributed by atoms with Crippen molar-refractivity contribution in [1.82, 2.24) is 10.6 Å². The number of urea groups is 1. The van der Waals surface area contributed by atoms with Gasteiger partial charge in [-0.05, 0) is 24.6 Å². The van der Waals surface area contributed by atoms with Gasteiger partial charge in [-0.15, -0.1) is 0 Å². The Bertz CT molecular complexity index is 686. The van der Waals surface area contributed by atoms with Gasteiger partial charge in [0.05, 0.1) is 12.8 Å². The van der Waals surface area contributed by atoms with E-state index >= 15 is 0 Å². The van der Waals surface area contributed by atoms with Crippen molar-refractivity contribution in [3.05, 3.63) is 23.8 Å². The van der Waals surface area contributed by atoms with Crippen LogP contribution in [0.4, 0.5) is 10.5 Å². The van der Waals surface area contributed by atoms with Crippen molar-refractivity contribution in [2.75, 3.05) is 18.4 Å². The van der Waals surface area contributed by atoms with Crippen LogP contribution in [0.5, 0.6) is 5.75 Å². The largest absolute Gasteiger partial charge is 0.495 e. The zero-order valence-corrected chi connectivity index (χ0v) is 12.3. The van der Waals surface area contributed by atoms with Gasteiger partial charge in [-0.1, -0.05) is 6.07 Å². The van der Waals surface area contributed by atoms with E-state index in [1.807, 2.05) is 5.32 Å². The van der Waals surface area contributed by atoms with Gasteiger partial charge in [-0.2, -0.15) is 0 Å². The Balaban J connectivity index is 2.27. The number of sulfonamides is 1. The SMILES string of the molecule is COc1ccc(C)cc1NS(=O)(=O)C1CNC(=O)NC1=O. The van der Waals surface area contributed by atoms with Crippen molar-refractivity contribution in [3.63, 3.8) is 0 Å². The molecule has 114 valence electrons. The van der Waals surface area contributed by atoms with Crippen LogP contribution in [0.25, 0.3) is 0 Å². The molecule has 3 N–H and O–H groups in total. The maximum Gasteiger partial charge on any atom is 0.321 e. The molecule has 9 heteroatoms. The fraction of sp³-hybridized carbons (Fsp3) is 0.333. The predicted molar refractivity (Wildman–Crippen MR) is 75.6 cm³/mol. The summed E-state index contributed by atoms with van der Waals surface area (Å²) in [6.45, 7) is 1.51. The van der Waals surface area contributed by atoms with Crippen LogP contribution in [0.15, 0.2) is 18.2 Å². The molecule has 0 bridgehead atoms. The molecule has 1 aliphatic rings. The molecular formula is C12H15N3O5S. The van der Waals surface area contributed by atoms with Crippen LogP contribution in [-0.4, -0.2) is 39.3 Å². The number of amides is 3. The van der Waals surface area contributed by atoms with Crippen LogP contribution in [0.3, 0.4) is 0 Å². The molecule has 1 heterocycles. The van der Waals surface area contributed by atoms with Crippen molar-refractivity contribution in [3.8, 4) is 5.75 Å². The van der Waals surface area contributed by atoms with Crippen LogP contribution in [-0.2, 0) is 14.8 Å². The summed E-state index contributed by atoms with van der Waals surface area (Å²) in [5, 5.41) is 2.79. The summed E-state index contributed by atoms with van der Waals surface area (Å²) in [7, 11) is -2.60. The summed E-state index contributed by atoms with van der Waals surface area (Å²) in [5.41, 5.74) is 1.07. The maximum atomic E-state index is 12.3. The van der Waals surface area contributed by atoms with E-state index < -0.39 is 27.2 Å². The number of rotatable bonds is 4. The summed E-state index contributed by atoms with van der Waals surface area (Å²) >= 11 is 0. The first kappa shape index (κ1) is 15.1. The van der Waals surface area contributed by atoms with Crippen LogP contribution in [0, 0.1) is 6.92 Å². The minimum atomic E-state index is -4.02. The highest BCUT2D eigenvalue weighted by atomic mass is 32.2. The van der Waals surface area contributed by atoms with Crippen molar-refractivity contribution in [2.45, 2.75) is 12.2 Å². The molecule has 0 aromatic heterocycles. The molecule has 0 aliphatic carbocycles. The number of carbonyl (C=O) groups is 2. The lowest BCUT2D eigenvalue weighted by Crippen LogP contribution is -2.58. The molecule has 1 aliphatic heterocycles. The van der Waals surface area contributed by atoms with Gasteiger partial charge in [-0.25, -0.2) is 13.2 Å².